The van der Waals surface area contributed by atoms with E-state index in [4.69, 9.17) is 9.47 Å². The Morgan fingerprint density at radius 1 is 1.22 bits per heavy atom. The van der Waals surface area contributed by atoms with Gasteiger partial charge in [0.1, 0.15) is 5.60 Å². The number of carbonyl (C=O) groups is 1. The maximum Gasteiger partial charge on any atom is 0.256 e. The topological polar surface area (TPSA) is 60.5 Å². The van der Waals surface area contributed by atoms with Crippen LogP contribution in [0.1, 0.15) is 59.8 Å². The fourth-order valence-corrected chi connectivity index (χ4v) is 2.21. The summed E-state index contributed by atoms with van der Waals surface area (Å²) >= 11 is 0. The van der Waals surface area contributed by atoms with Crippen LogP contribution in [-0.2, 0) is 9.53 Å². The largest absolute Gasteiger partial charge is 0.478 e. The van der Waals surface area contributed by atoms with Crippen LogP contribution in [0.25, 0.3) is 0 Å². The minimum Gasteiger partial charge on any atom is -0.478 e. The van der Waals surface area contributed by atoms with Crippen molar-refractivity contribution < 1.29 is 14.3 Å². The van der Waals surface area contributed by atoms with Crippen molar-refractivity contribution in [2.24, 2.45) is 0 Å². The summed E-state index contributed by atoms with van der Waals surface area (Å²) in [6.07, 6.45) is 6.39. The molecule has 0 fully saturated rings. The van der Waals surface area contributed by atoms with E-state index >= 15 is 0 Å². The molecule has 1 aromatic rings. The van der Waals surface area contributed by atoms with Crippen molar-refractivity contribution in [1.82, 2.24) is 4.98 Å². The summed E-state index contributed by atoms with van der Waals surface area (Å²) in [6, 6.07) is 3.58. The first-order valence-corrected chi connectivity index (χ1v) is 8.60. The van der Waals surface area contributed by atoms with Crippen molar-refractivity contribution in [3.63, 3.8) is 0 Å². The Morgan fingerprint density at radius 2 is 1.96 bits per heavy atom. The molecule has 0 aliphatic rings. The van der Waals surface area contributed by atoms with E-state index < -0.39 is 5.60 Å². The number of ether oxygens (including phenoxy) is 2. The number of amides is 1. The highest BCUT2D eigenvalue weighted by atomic mass is 16.5. The number of rotatable bonds is 11. The van der Waals surface area contributed by atoms with Gasteiger partial charge in [-0.05, 0) is 32.8 Å². The number of pyridine rings is 1. The van der Waals surface area contributed by atoms with Gasteiger partial charge in [0.15, 0.2) is 0 Å². The Hall–Kier alpha value is -1.62. The smallest absolute Gasteiger partial charge is 0.256 e. The third kappa shape index (κ3) is 6.57. The molecule has 1 heterocycles. The Morgan fingerprint density at radius 3 is 2.52 bits per heavy atom. The highest BCUT2D eigenvalue weighted by Gasteiger charge is 2.33. The van der Waals surface area contributed by atoms with Gasteiger partial charge in [-0.3, -0.25) is 4.79 Å². The summed E-state index contributed by atoms with van der Waals surface area (Å²) in [4.78, 5) is 16.7. The Labute approximate surface area is 139 Å². The summed E-state index contributed by atoms with van der Waals surface area (Å²) in [5, 5.41) is 2.89. The average molecular weight is 322 g/mol. The van der Waals surface area contributed by atoms with Crippen LogP contribution in [0.2, 0.25) is 0 Å². The Balaban J connectivity index is 2.63. The standard InChI is InChI=1S/C18H30N2O3/c1-5-8-12-18(4,23-7-3)17(21)20-15-10-11-16(19-14-15)22-13-9-6-2/h10-11,14H,5-9,12-13H2,1-4H3,(H,20,21)/t18-/m0/s1. The van der Waals surface area contributed by atoms with Crippen molar-refractivity contribution in [2.75, 3.05) is 18.5 Å². The fraction of sp³-hybridized carbons (Fsp3) is 0.667. The second kappa shape index (κ2) is 10.2. The maximum absolute atomic E-state index is 12.5. The first kappa shape index (κ1) is 19.4. The van der Waals surface area contributed by atoms with Gasteiger partial charge < -0.3 is 14.8 Å². The molecular formula is C18H30N2O3. The van der Waals surface area contributed by atoms with E-state index in [1.807, 2.05) is 13.8 Å². The number of nitrogens with one attached hydrogen (secondary N) is 1. The molecule has 0 unspecified atom stereocenters. The SMILES string of the molecule is CCCCOc1ccc(NC(=O)[C@](C)(CCCC)OCC)cn1. The number of anilines is 1. The lowest BCUT2D eigenvalue weighted by molar-refractivity contribution is -0.139. The molecule has 0 aliphatic heterocycles. The van der Waals surface area contributed by atoms with Crippen LogP contribution >= 0.6 is 0 Å². The van der Waals surface area contributed by atoms with Gasteiger partial charge in [-0.15, -0.1) is 0 Å². The summed E-state index contributed by atoms with van der Waals surface area (Å²) in [5.41, 5.74) is -0.151. The van der Waals surface area contributed by atoms with Gasteiger partial charge in [0.25, 0.3) is 5.91 Å². The number of nitrogens with zero attached hydrogens (tertiary/aromatic N) is 1. The van der Waals surface area contributed by atoms with Crippen molar-refractivity contribution in [1.29, 1.82) is 0 Å². The van der Waals surface area contributed by atoms with Crippen LogP contribution in [0.3, 0.4) is 0 Å². The molecule has 1 rings (SSSR count). The molecule has 5 heteroatoms. The van der Waals surface area contributed by atoms with E-state index in [0.29, 0.717) is 31.2 Å². The van der Waals surface area contributed by atoms with Crippen molar-refractivity contribution >= 4 is 11.6 Å². The van der Waals surface area contributed by atoms with Crippen LogP contribution in [0.5, 0.6) is 5.88 Å². The zero-order valence-electron chi connectivity index (χ0n) is 14.9. The molecule has 0 spiro atoms. The second-order valence-corrected chi connectivity index (χ2v) is 5.81. The molecule has 5 nitrogen and oxygen atoms in total. The van der Waals surface area contributed by atoms with Crippen LogP contribution < -0.4 is 10.1 Å². The fourth-order valence-electron chi connectivity index (χ4n) is 2.21. The number of unbranched alkanes of at least 4 members (excludes halogenated alkanes) is 2. The summed E-state index contributed by atoms with van der Waals surface area (Å²) in [6.45, 7) is 9.14. The number of hydrogen-bond donors (Lipinski definition) is 1. The van der Waals surface area contributed by atoms with Gasteiger partial charge in [-0.2, -0.15) is 0 Å². The summed E-state index contributed by atoms with van der Waals surface area (Å²) < 4.78 is 11.2. The molecule has 23 heavy (non-hydrogen) atoms. The number of aromatic nitrogens is 1. The molecule has 0 saturated heterocycles. The summed E-state index contributed by atoms with van der Waals surface area (Å²) in [7, 11) is 0. The van der Waals surface area contributed by atoms with Crippen molar-refractivity contribution in [3.05, 3.63) is 18.3 Å². The molecule has 0 saturated carbocycles. The minimum absolute atomic E-state index is 0.130. The lowest BCUT2D eigenvalue weighted by Crippen LogP contribution is -2.42. The second-order valence-electron chi connectivity index (χ2n) is 5.81. The zero-order chi connectivity index (χ0) is 17.1. The van der Waals surface area contributed by atoms with Crippen LogP contribution in [0.15, 0.2) is 18.3 Å². The first-order valence-electron chi connectivity index (χ1n) is 8.60. The number of carbonyl (C=O) groups excluding carboxylic acids is 1. The van der Waals surface area contributed by atoms with Gasteiger partial charge in [0.2, 0.25) is 5.88 Å². The highest BCUT2D eigenvalue weighted by Crippen LogP contribution is 2.22. The average Bonchev–Trinajstić information content (AvgIpc) is 2.55. The van der Waals surface area contributed by atoms with Gasteiger partial charge >= 0.3 is 0 Å². The van der Waals surface area contributed by atoms with Gasteiger partial charge in [0, 0.05) is 12.7 Å². The van der Waals surface area contributed by atoms with E-state index in [9.17, 15) is 4.79 Å². The van der Waals surface area contributed by atoms with Crippen LogP contribution in [0, 0.1) is 0 Å². The number of hydrogen-bond acceptors (Lipinski definition) is 4. The van der Waals surface area contributed by atoms with E-state index in [-0.39, 0.29) is 5.91 Å². The van der Waals surface area contributed by atoms with E-state index in [0.717, 1.165) is 25.7 Å². The lowest BCUT2D eigenvalue weighted by atomic mass is 9.97. The van der Waals surface area contributed by atoms with Crippen molar-refractivity contribution in [3.8, 4) is 5.88 Å². The molecule has 130 valence electrons. The molecule has 1 aromatic heterocycles. The highest BCUT2D eigenvalue weighted by molar-refractivity contribution is 5.96. The van der Waals surface area contributed by atoms with Gasteiger partial charge in [-0.25, -0.2) is 4.98 Å². The van der Waals surface area contributed by atoms with Gasteiger partial charge in [-0.1, -0.05) is 33.1 Å². The molecule has 1 atom stereocenters. The normalized spacial score (nSPS) is 13.4. The van der Waals surface area contributed by atoms with Crippen molar-refractivity contribution in [2.45, 2.75) is 65.4 Å². The molecule has 1 amide bonds. The molecular weight excluding hydrogens is 292 g/mol. The van der Waals surface area contributed by atoms with Gasteiger partial charge in [0.05, 0.1) is 18.5 Å². The Kier molecular flexibility index (Phi) is 8.62. The molecule has 0 aliphatic carbocycles. The van der Waals surface area contributed by atoms with E-state index in [1.54, 1.807) is 18.3 Å². The van der Waals surface area contributed by atoms with E-state index in [1.165, 1.54) is 0 Å². The molecule has 0 radical (unpaired) electrons. The monoisotopic (exact) mass is 322 g/mol. The summed E-state index contributed by atoms with van der Waals surface area (Å²) in [5.74, 6) is 0.448. The predicted octanol–water partition coefficient (Wildman–Crippen LogP) is 4.18. The van der Waals surface area contributed by atoms with E-state index in [2.05, 4.69) is 24.1 Å². The Bertz CT molecular complexity index is 462. The zero-order valence-corrected chi connectivity index (χ0v) is 14.9. The quantitative estimate of drug-likeness (QED) is 0.621. The van der Waals surface area contributed by atoms with Crippen LogP contribution in [0.4, 0.5) is 5.69 Å². The third-order valence-electron chi connectivity index (χ3n) is 3.69. The third-order valence-corrected chi connectivity index (χ3v) is 3.69. The molecule has 0 aromatic carbocycles. The first-order chi connectivity index (χ1) is 11.1. The predicted molar refractivity (Wildman–Crippen MR) is 92.8 cm³/mol. The molecule has 1 N–H and O–H groups in total. The minimum atomic E-state index is -0.805. The lowest BCUT2D eigenvalue weighted by Gasteiger charge is -2.28. The van der Waals surface area contributed by atoms with Crippen LogP contribution in [-0.4, -0.2) is 29.7 Å². The molecule has 0 bridgehead atoms. The maximum atomic E-state index is 12.5.